The van der Waals surface area contributed by atoms with Gasteiger partial charge in [-0.1, -0.05) is 42.5 Å². The Morgan fingerprint density at radius 2 is 1.71 bits per heavy atom. The summed E-state index contributed by atoms with van der Waals surface area (Å²) in [6.07, 6.45) is 2.54. The molecule has 0 spiro atoms. The van der Waals surface area contributed by atoms with Gasteiger partial charge in [-0.25, -0.2) is 0 Å². The van der Waals surface area contributed by atoms with Crippen molar-refractivity contribution in [2.45, 2.75) is 39.3 Å². The van der Waals surface area contributed by atoms with Gasteiger partial charge in [0.05, 0.1) is 0 Å². The van der Waals surface area contributed by atoms with E-state index in [9.17, 15) is 0 Å². The number of rotatable bonds is 5. The molecular weight excluding hydrogens is 258 g/mol. The van der Waals surface area contributed by atoms with Gasteiger partial charge in [0.25, 0.3) is 0 Å². The molecule has 1 fully saturated rings. The number of nitrogens with two attached hydrogens (primary N) is 1. The van der Waals surface area contributed by atoms with Crippen LogP contribution in [0.3, 0.4) is 0 Å². The van der Waals surface area contributed by atoms with Crippen molar-refractivity contribution in [3.8, 4) is 5.75 Å². The van der Waals surface area contributed by atoms with Crippen LogP contribution >= 0.6 is 0 Å². The lowest BCUT2D eigenvalue weighted by molar-refractivity contribution is 0.302. The van der Waals surface area contributed by atoms with Gasteiger partial charge in [0.1, 0.15) is 12.4 Å². The Morgan fingerprint density at radius 3 is 2.29 bits per heavy atom. The van der Waals surface area contributed by atoms with Crippen LogP contribution in [0.15, 0.2) is 42.5 Å². The summed E-state index contributed by atoms with van der Waals surface area (Å²) >= 11 is 0. The molecule has 110 valence electrons. The van der Waals surface area contributed by atoms with Crippen LogP contribution in [-0.4, -0.2) is 0 Å². The normalized spacial score (nSPS) is 15.8. The van der Waals surface area contributed by atoms with Crippen LogP contribution in [0.25, 0.3) is 0 Å². The second-order valence-electron chi connectivity index (χ2n) is 6.12. The molecular formula is C19H23NO. The van der Waals surface area contributed by atoms with E-state index in [1.165, 1.54) is 35.1 Å². The summed E-state index contributed by atoms with van der Waals surface area (Å²) in [6.45, 7) is 4.82. The van der Waals surface area contributed by atoms with E-state index >= 15 is 0 Å². The largest absolute Gasteiger partial charge is 0.488 e. The van der Waals surface area contributed by atoms with Crippen molar-refractivity contribution < 1.29 is 4.74 Å². The molecule has 0 unspecified atom stereocenters. The lowest BCUT2D eigenvalue weighted by Gasteiger charge is -2.17. The maximum absolute atomic E-state index is 6.31. The molecule has 2 nitrogen and oxygen atoms in total. The molecule has 0 radical (unpaired) electrons. The highest BCUT2D eigenvalue weighted by molar-refractivity contribution is 5.44. The zero-order chi connectivity index (χ0) is 14.8. The standard InChI is InChI=1S/C19H23NO/c1-13-10-17(18(20)16-8-9-16)11-14(2)19(13)21-12-15-6-4-3-5-7-15/h3-7,10-11,16,18H,8-9,12,20H2,1-2H3/t18-/m0/s1. The first-order chi connectivity index (χ1) is 10.1. The zero-order valence-electron chi connectivity index (χ0n) is 12.8. The van der Waals surface area contributed by atoms with E-state index in [2.05, 4.69) is 38.1 Å². The first kappa shape index (κ1) is 14.2. The van der Waals surface area contributed by atoms with Gasteiger partial charge in [-0.05, 0) is 54.9 Å². The molecule has 0 bridgehead atoms. The first-order valence-corrected chi connectivity index (χ1v) is 7.68. The smallest absolute Gasteiger partial charge is 0.125 e. The van der Waals surface area contributed by atoms with Gasteiger partial charge in [0.15, 0.2) is 0 Å². The molecule has 0 amide bonds. The monoisotopic (exact) mass is 281 g/mol. The minimum absolute atomic E-state index is 0.186. The van der Waals surface area contributed by atoms with Crippen LogP contribution < -0.4 is 10.5 Å². The fraction of sp³-hybridized carbons (Fsp3) is 0.368. The first-order valence-electron chi connectivity index (χ1n) is 7.68. The Bertz CT molecular complexity index is 594. The summed E-state index contributed by atoms with van der Waals surface area (Å²) in [5.41, 5.74) is 11.1. The van der Waals surface area contributed by atoms with Crippen LogP contribution in [0.2, 0.25) is 0 Å². The molecule has 1 atom stereocenters. The average Bonchev–Trinajstić information content (AvgIpc) is 3.31. The van der Waals surface area contributed by atoms with Crippen LogP contribution in [0, 0.1) is 19.8 Å². The van der Waals surface area contributed by atoms with E-state index in [1.54, 1.807) is 0 Å². The molecule has 1 aliphatic carbocycles. The number of benzene rings is 2. The summed E-state index contributed by atoms with van der Waals surface area (Å²) in [5.74, 6) is 1.67. The van der Waals surface area contributed by atoms with Crippen molar-refractivity contribution >= 4 is 0 Å². The molecule has 2 heteroatoms. The Labute approximate surface area is 126 Å². The van der Waals surface area contributed by atoms with E-state index in [-0.39, 0.29) is 6.04 Å². The highest BCUT2D eigenvalue weighted by Gasteiger charge is 2.29. The maximum Gasteiger partial charge on any atom is 0.125 e. The van der Waals surface area contributed by atoms with Gasteiger partial charge >= 0.3 is 0 Å². The highest BCUT2D eigenvalue weighted by atomic mass is 16.5. The van der Waals surface area contributed by atoms with E-state index in [1.807, 2.05) is 18.2 Å². The van der Waals surface area contributed by atoms with Crippen molar-refractivity contribution in [3.05, 3.63) is 64.7 Å². The average molecular weight is 281 g/mol. The third-order valence-corrected chi connectivity index (χ3v) is 4.22. The molecule has 1 saturated carbocycles. The summed E-state index contributed by atoms with van der Waals surface area (Å²) in [7, 11) is 0. The van der Waals surface area contributed by atoms with Crippen molar-refractivity contribution in [2.24, 2.45) is 11.7 Å². The third-order valence-electron chi connectivity index (χ3n) is 4.22. The van der Waals surface area contributed by atoms with Crippen molar-refractivity contribution in [1.29, 1.82) is 0 Å². The Morgan fingerprint density at radius 1 is 1.10 bits per heavy atom. The molecule has 0 saturated heterocycles. The molecule has 2 N–H and O–H groups in total. The topological polar surface area (TPSA) is 35.2 Å². The molecule has 0 heterocycles. The quantitative estimate of drug-likeness (QED) is 0.887. The summed E-state index contributed by atoms with van der Waals surface area (Å²) in [5, 5.41) is 0. The lowest BCUT2D eigenvalue weighted by atomic mass is 9.98. The molecule has 0 aromatic heterocycles. The molecule has 3 rings (SSSR count). The lowest BCUT2D eigenvalue weighted by Crippen LogP contribution is -2.13. The van der Waals surface area contributed by atoms with Crippen molar-refractivity contribution in [1.82, 2.24) is 0 Å². The van der Waals surface area contributed by atoms with Crippen LogP contribution in [0.4, 0.5) is 0 Å². The fourth-order valence-corrected chi connectivity index (χ4v) is 2.86. The van der Waals surface area contributed by atoms with Gasteiger partial charge < -0.3 is 10.5 Å². The number of aryl methyl sites for hydroxylation is 2. The number of hydrogen-bond donors (Lipinski definition) is 1. The number of hydrogen-bond acceptors (Lipinski definition) is 2. The second-order valence-corrected chi connectivity index (χ2v) is 6.12. The maximum atomic E-state index is 6.31. The van der Waals surface area contributed by atoms with E-state index < -0.39 is 0 Å². The molecule has 2 aromatic rings. The van der Waals surface area contributed by atoms with E-state index in [0.29, 0.717) is 12.5 Å². The Kier molecular flexibility index (Phi) is 3.98. The van der Waals surface area contributed by atoms with Gasteiger partial charge in [-0.2, -0.15) is 0 Å². The van der Waals surface area contributed by atoms with Crippen LogP contribution in [-0.2, 0) is 6.61 Å². The van der Waals surface area contributed by atoms with Crippen LogP contribution in [0.1, 0.15) is 41.1 Å². The minimum Gasteiger partial charge on any atom is -0.488 e. The van der Waals surface area contributed by atoms with Gasteiger partial charge in [0, 0.05) is 6.04 Å². The molecule has 0 aliphatic heterocycles. The summed E-state index contributed by atoms with van der Waals surface area (Å²) in [6, 6.07) is 14.8. The molecule has 1 aliphatic rings. The van der Waals surface area contributed by atoms with Gasteiger partial charge in [-0.3, -0.25) is 0 Å². The highest BCUT2D eigenvalue weighted by Crippen LogP contribution is 2.40. The second kappa shape index (κ2) is 5.90. The van der Waals surface area contributed by atoms with Crippen molar-refractivity contribution in [2.75, 3.05) is 0 Å². The number of ether oxygens (including phenoxy) is 1. The van der Waals surface area contributed by atoms with Crippen molar-refractivity contribution in [3.63, 3.8) is 0 Å². The SMILES string of the molecule is Cc1cc([C@@H](N)C2CC2)cc(C)c1OCc1ccccc1. The van der Waals surface area contributed by atoms with E-state index in [0.717, 1.165) is 5.75 Å². The molecule has 2 aromatic carbocycles. The van der Waals surface area contributed by atoms with E-state index in [4.69, 9.17) is 10.5 Å². The predicted octanol–water partition coefficient (Wildman–Crippen LogP) is 4.29. The fourth-order valence-electron chi connectivity index (χ4n) is 2.86. The van der Waals surface area contributed by atoms with Gasteiger partial charge in [0.2, 0.25) is 0 Å². The summed E-state index contributed by atoms with van der Waals surface area (Å²) < 4.78 is 6.02. The van der Waals surface area contributed by atoms with Gasteiger partial charge in [-0.15, -0.1) is 0 Å². The Hall–Kier alpha value is -1.80. The molecule has 21 heavy (non-hydrogen) atoms. The zero-order valence-corrected chi connectivity index (χ0v) is 12.8. The van der Waals surface area contributed by atoms with Crippen LogP contribution in [0.5, 0.6) is 5.75 Å². The minimum atomic E-state index is 0.186. The summed E-state index contributed by atoms with van der Waals surface area (Å²) in [4.78, 5) is 0. The Balaban J connectivity index is 1.76. The predicted molar refractivity (Wildman–Crippen MR) is 86.3 cm³/mol. The third kappa shape index (κ3) is 3.27.